The fourth-order valence-electron chi connectivity index (χ4n) is 3.70. The monoisotopic (exact) mass is 398 g/mol. The summed E-state index contributed by atoms with van der Waals surface area (Å²) in [6.45, 7) is 1.81. The summed E-state index contributed by atoms with van der Waals surface area (Å²) in [6.07, 6.45) is 8.95. The van der Waals surface area contributed by atoms with E-state index in [1.807, 2.05) is 30.7 Å². The van der Waals surface area contributed by atoms with Gasteiger partial charge in [-0.3, -0.25) is 9.78 Å². The van der Waals surface area contributed by atoms with Gasteiger partial charge in [0.05, 0.1) is 17.1 Å². The molecule has 0 radical (unpaired) electrons. The molecule has 1 aliphatic rings. The maximum absolute atomic E-state index is 14.1. The summed E-state index contributed by atoms with van der Waals surface area (Å²) in [6, 6.07) is 8.27. The molecule has 5 nitrogen and oxygen atoms in total. The molecule has 0 bridgehead atoms. The van der Waals surface area contributed by atoms with Crippen molar-refractivity contribution in [1.29, 1.82) is 0 Å². The maximum Gasteiger partial charge on any atom is 0.258 e. The van der Waals surface area contributed by atoms with Crippen LogP contribution >= 0.6 is 11.6 Å². The molecule has 1 amide bonds. The second-order valence-corrected chi connectivity index (χ2v) is 7.34. The van der Waals surface area contributed by atoms with Crippen molar-refractivity contribution >= 4 is 17.5 Å². The molecule has 1 saturated heterocycles. The van der Waals surface area contributed by atoms with Crippen molar-refractivity contribution in [2.75, 3.05) is 13.1 Å². The van der Waals surface area contributed by atoms with Crippen LogP contribution in [0.4, 0.5) is 4.39 Å². The van der Waals surface area contributed by atoms with Crippen LogP contribution in [0.5, 0.6) is 0 Å². The molecule has 2 aromatic heterocycles. The third-order valence-corrected chi connectivity index (χ3v) is 5.46. The first-order chi connectivity index (χ1) is 13.6. The molecule has 3 aromatic rings. The molecule has 28 heavy (non-hydrogen) atoms. The first-order valence-electron chi connectivity index (χ1n) is 9.26. The molecule has 3 heterocycles. The molecule has 0 spiro atoms. The van der Waals surface area contributed by atoms with E-state index in [-0.39, 0.29) is 22.4 Å². The first kappa shape index (κ1) is 18.6. The van der Waals surface area contributed by atoms with Crippen LogP contribution in [0.2, 0.25) is 5.02 Å². The summed E-state index contributed by atoms with van der Waals surface area (Å²) in [7, 11) is 0. The third kappa shape index (κ3) is 3.78. The van der Waals surface area contributed by atoms with Gasteiger partial charge >= 0.3 is 0 Å². The van der Waals surface area contributed by atoms with Gasteiger partial charge in [0.2, 0.25) is 0 Å². The van der Waals surface area contributed by atoms with E-state index in [2.05, 4.69) is 14.5 Å². The van der Waals surface area contributed by atoms with Crippen LogP contribution in [-0.2, 0) is 6.54 Å². The van der Waals surface area contributed by atoms with Crippen LogP contribution in [0.15, 0.2) is 55.1 Å². The van der Waals surface area contributed by atoms with E-state index < -0.39 is 5.82 Å². The van der Waals surface area contributed by atoms with Gasteiger partial charge in [0.1, 0.15) is 11.6 Å². The molecule has 0 unspecified atom stereocenters. The van der Waals surface area contributed by atoms with Gasteiger partial charge in [0.15, 0.2) is 0 Å². The molecule has 0 saturated carbocycles. The van der Waals surface area contributed by atoms with Crippen LogP contribution in [0.3, 0.4) is 0 Å². The smallest absolute Gasteiger partial charge is 0.258 e. The average molecular weight is 399 g/mol. The Bertz CT molecular complexity index is 947. The predicted molar refractivity (Wildman–Crippen MR) is 105 cm³/mol. The Morgan fingerprint density at radius 1 is 1.18 bits per heavy atom. The largest absolute Gasteiger partial charge is 0.338 e. The fraction of sp³-hybridized carbons (Fsp3) is 0.286. The number of amides is 1. The van der Waals surface area contributed by atoms with Crippen molar-refractivity contribution in [1.82, 2.24) is 19.4 Å². The van der Waals surface area contributed by atoms with Gasteiger partial charge < -0.3 is 9.47 Å². The number of rotatable bonds is 4. The van der Waals surface area contributed by atoms with Gasteiger partial charge in [-0.1, -0.05) is 23.7 Å². The molecule has 0 N–H and O–H groups in total. The van der Waals surface area contributed by atoms with Crippen molar-refractivity contribution in [3.05, 3.63) is 82.9 Å². The number of nitrogens with zero attached hydrogens (tertiary/aromatic N) is 4. The van der Waals surface area contributed by atoms with Crippen LogP contribution < -0.4 is 0 Å². The molecular formula is C21H20ClFN4O. The Kier molecular flexibility index (Phi) is 5.39. The van der Waals surface area contributed by atoms with Crippen molar-refractivity contribution < 1.29 is 9.18 Å². The standard InChI is InChI=1S/C21H20ClFN4O/c22-17-4-1-5-18(23)19(17)21(28)26-10-6-16(7-11-26)20-25-9-12-27(20)14-15-3-2-8-24-13-15/h1-5,8-9,12-13,16H,6-7,10-11,14H2. The molecular weight excluding hydrogens is 379 g/mol. The van der Waals surface area contributed by atoms with Gasteiger partial charge in [-0.2, -0.15) is 0 Å². The molecule has 0 atom stereocenters. The predicted octanol–water partition coefficient (Wildman–Crippen LogP) is 4.14. The summed E-state index contributed by atoms with van der Waals surface area (Å²) < 4.78 is 16.2. The Labute approximate surface area is 167 Å². The lowest BCUT2D eigenvalue weighted by molar-refractivity contribution is 0.0706. The Morgan fingerprint density at radius 2 is 2.00 bits per heavy atom. The number of likely N-dealkylation sites (tertiary alicyclic amines) is 1. The summed E-state index contributed by atoms with van der Waals surface area (Å²) >= 11 is 6.05. The summed E-state index contributed by atoms with van der Waals surface area (Å²) in [5, 5.41) is 0.152. The molecule has 0 aliphatic carbocycles. The zero-order valence-electron chi connectivity index (χ0n) is 15.3. The lowest BCUT2D eigenvalue weighted by Crippen LogP contribution is -2.39. The Morgan fingerprint density at radius 3 is 2.71 bits per heavy atom. The highest BCUT2D eigenvalue weighted by molar-refractivity contribution is 6.33. The molecule has 1 fully saturated rings. The number of hydrogen-bond donors (Lipinski definition) is 0. The van der Waals surface area contributed by atoms with E-state index in [4.69, 9.17) is 11.6 Å². The van der Waals surface area contributed by atoms with Crippen LogP contribution in [-0.4, -0.2) is 38.4 Å². The highest BCUT2D eigenvalue weighted by atomic mass is 35.5. The number of hydrogen-bond acceptors (Lipinski definition) is 3. The minimum atomic E-state index is -0.577. The average Bonchev–Trinajstić information content (AvgIpc) is 3.17. The number of carbonyl (C=O) groups is 1. The van der Waals surface area contributed by atoms with Gasteiger partial charge in [-0.05, 0) is 36.6 Å². The van der Waals surface area contributed by atoms with Gasteiger partial charge in [0.25, 0.3) is 5.91 Å². The maximum atomic E-state index is 14.1. The number of imidazole rings is 1. The second-order valence-electron chi connectivity index (χ2n) is 6.94. The lowest BCUT2D eigenvalue weighted by atomic mass is 9.95. The van der Waals surface area contributed by atoms with E-state index in [0.29, 0.717) is 19.6 Å². The zero-order valence-corrected chi connectivity index (χ0v) is 16.0. The Balaban J connectivity index is 1.44. The topological polar surface area (TPSA) is 51.0 Å². The molecule has 4 rings (SSSR count). The van der Waals surface area contributed by atoms with Crippen molar-refractivity contribution in [2.45, 2.75) is 25.3 Å². The second kappa shape index (κ2) is 8.10. The molecule has 1 aliphatic heterocycles. The number of carbonyl (C=O) groups excluding carboxylic acids is 1. The van der Waals surface area contributed by atoms with Gasteiger partial charge in [-0.25, -0.2) is 9.37 Å². The van der Waals surface area contributed by atoms with Crippen LogP contribution in [0, 0.1) is 5.82 Å². The fourth-order valence-corrected chi connectivity index (χ4v) is 3.95. The minimum absolute atomic E-state index is 0.0410. The zero-order chi connectivity index (χ0) is 19.5. The molecule has 1 aromatic carbocycles. The number of aromatic nitrogens is 3. The number of piperidine rings is 1. The van der Waals surface area contributed by atoms with E-state index >= 15 is 0 Å². The van der Waals surface area contributed by atoms with E-state index in [1.54, 1.807) is 17.2 Å². The number of halogens is 2. The normalized spacial score (nSPS) is 15.0. The highest BCUT2D eigenvalue weighted by Crippen LogP contribution is 2.29. The van der Waals surface area contributed by atoms with Crippen LogP contribution in [0.25, 0.3) is 0 Å². The SMILES string of the molecule is O=C(c1c(F)cccc1Cl)N1CCC(c2nccn2Cc2cccnc2)CC1. The highest BCUT2D eigenvalue weighted by Gasteiger charge is 2.29. The molecule has 7 heteroatoms. The Hall–Kier alpha value is -2.73. The number of pyridine rings is 1. The van der Waals surface area contributed by atoms with E-state index in [0.717, 1.165) is 24.2 Å². The van der Waals surface area contributed by atoms with E-state index in [1.165, 1.54) is 12.1 Å². The van der Waals surface area contributed by atoms with Gasteiger partial charge in [-0.15, -0.1) is 0 Å². The summed E-state index contributed by atoms with van der Waals surface area (Å²) in [5.74, 6) is 0.346. The van der Waals surface area contributed by atoms with Crippen LogP contribution in [0.1, 0.15) is 40.5 Å². The van der Waals surface area contributed by atoms with Crippen molar-refractivity contribution in [3.63, 3.8) is 0 Å². The van der Waals surface area contributed by atoms with Crippen molar-refractivity contribution in [2.24, 2.45) is 0 Å². The minimum Gasteiger partial charge on any atom is -0.338 e. The number of benzene rings is 1. The molecule has 144 valence electrons. The van der Waals surface area contributed by atoms with E-state index in [9.17, 15) is 9.18 Å². The third-order valence-electron chi connectivity index (χ3n) is 5.15. The lowest BCUT2D eigenvalue weighted by Gasteiger charge is -2.32. The quantitative estimate of drug-likeness (QED) is 0.663. The van der Waals surface area contributed by atoms with Crippen molar-refractivity contribution in [3.8, 4) is 0 Å². The summed E-state index contributed by atoms with van der Waals surface area (Å²) in [5.41, 5.74) is 1.07. The summed E-state index contributed by atoms with van der Waals surface area (Å²) in [4.78, 5) is 23.1. The van der Waals surface area contributed by atoms with Gasteiger partial charge in [0, 0.05) is 43.8 Å². The first-order valence-corrected chi connectivity index (χ1v) is 9.64.